The molecule has 170 valence electrons. The van der Waals surface area contributed by atoms with Gasteiger partial charge in [0.1, 0.15) is 11.6 Å². The first-order valence-corrected chi connectivity index (χ1v) is 12.8. The number of rotatable bonds is 6. The van der Waals surface area contributed by atoms with Crippen LogP contribution in [0, 0.1) is 17.7 Å². The Labute approximate surface area is 193 Å². The highest BCUT2D eigenvalue weighted by atomic mass is 35.5. The number of hydrogen-bond donors (Lipinski definition) is 0. The van der Waals surface area contributed by atoms with E-state index in [9.17, 15) is 17.6 Å². The van der Waals surface area contributed by atoms with Crippen molar-refractivity contribution in [3.63, 3.8) is 0 Å². The van der Waals surface area contributed by atoms with Crippen LogP contribution in [-0.2, 0) is 25.5 Å². The Bertz CT molecular complexity index is 1220. The van der Waals surface area contributed by atoms with Gasteiger partial charge < -0.3 is 4.18 Å². The second-order valence-electron chi connectivity index (χ2n) is 8.78. The molecule has 0 aliphatic heterocycles. The molecule has 0 amide bonds. The minimum Gasteiger partial charge on any atom is -0.386 e. The first-order valence-electron chi connectivity index (χ1n) is 10.9. The average molecular weight is 477 g/mol. The second-order valence-corrected chi connectivity index (χ2v) is 11.3. The molecule has 4 rings (SSSR count). The minimum atomic E-state index is -3.86. The lowest BCUT2D eigenvalue weighted by Crippen LogP contribution is -2.26. The zero-order valence-electron chi connectivity index (χ0n) is 18.3. The van der Waals surface area contributed by atoms with Crippen LogP contribution >= 0.6 is 11.6 Å². The molecule has 0 radical (unpaired) electrons. The molecule has 2 aliphatic rings. The van der Waals surface area contributed by atoms with Crippen LogP contribution in [0.4, 0.5) is 4.39 Å². The number of halogens is 2. The zero-order chi connectivity index (χ0) is 23.2. The van der Waals surface area contributed by atoms with Crippen molar-refractivity contribution < 1.29 is 21.8 Å². The lowest BCUT2D eigenvalue weighted by molar-refractivity contribution is -0.117. The summed E-state index contributed by atoms with van der Waals surface area (Å²) in [6, 6.07) is 9.91. The monoisotopic (exact) mass is 476 g/mol. The fourth-order valence-corrected chi connectivity index (χ4v) is 5.41. The van der Waals surface area contributed by atoms with E-state index in [1.54, 1.807) is 32.0 Å². The van der Waals surface area contributed by atoms with E-state index in [1.807, 2.05) is 19.1 Å². The van der Waals surface area contributed by atoms with E-state index in [1.165, 1.54) is 6.07 Å². The van der Waals surface area contributed by atoms with Gasteiger partial charge in [-0.2, -0.15) is 8.42 Å². The SMILES string of the molecule is CCc1ccc(-c2ccc(Cl)cc2F)cc1C1=C(OS(=O)(=O)C(C)C)[C@H]2CC[C@@H](C2)C1=O. The first-order chi connectivity index (χ1) is 15.1. The molecular formula is C25H26ClFO4S. The number of allylic oxidation sites excluding steroid dienone is 2. The van der Waals surface area contributed by atoms with Crippen molar-refractivity contribution in [2.75, 3.05) is 0 Å². The van der Waals surface area contributed by atoms with Gasteiger partial charge in [0.2, 0.25) is 0 Å². The van der Waals surface area contributed by atoms with Crippen molar-refractivity contribution in [2.24, 2.45) is 11.8 Å². The van der Waals surface area contributed by atoms with Gasteiger partial charge in [-0.1, -0.05) is 30.7 Å². The molecule has 32 heavy (non-hydrogen) atoms. The normalized spacial score (nSPS) is 20.9. The van der Waals surface area contributed by atoms with Crippen molar-refractivity contribution >= 4 is 33.1 Å². The summed E-state index contributed by atoms with van der Waals surface area (Å²) >= 11 is 5.90. The Morgan fingerprint density at radius 3 is 2.47 bits per heavy atom. The Hall–Kier alpha value is -2.18. The molecule has 2 aromatic carbocycles. The van der Waals surface area contributed by atoms with E-state index >= 15 is 0 Å². The topological polar surface area (TPSA) is 60.4 Å². The summed E-state index contributed by atoms with van der Waals surface area (Å²) in [5, 5.41) is -0.432. The number of carbonyl (C=O) groups is 1. The zero-order valence-corrected chi connectivity index (χ0v) is 19.9. The van der Waals surface area contributed by atoms with Gasteiger partial charge in [-0.3, -0.25) is 4.79 Å². The summed E-state index contributed by atoms with van der Waals surface area (Å²) in [5.41, 5.74) is 2.80. The standard InChI is InChI=1S/C25H26ClFO4S/c1-4-15-5-6-16(20-10-9-19(26)13-22(20)27)12-21(15)23-24(28)17-7-8-18(11-17)25(23)31-32(29,30)14(2)3/h5-6,9-10,12-14,17-18H,4,7-8,11H2,1-3H3/t17-,18-/m0/s1. The van der Waals surface area contributed by atoms with Gasteiger partial charge in [0.15, 0.2) is 5.78 Å². The fraction of sp³-hybridized carbons (Fsp3) is 0.400. The van der Waals surface area contributed by atoms with Gasteiger partial charge in [0.05, 0.1) is 10.8 Å². The Balaban J connectivity index is 1.93. The van der Waals surface area contributed by atoms with Gasteiger partial charge in [-0.05, 0) is 80.5 Å². The number of Topliss-reactive ketones (excluding diaryl/α,β-unsaturated/α-hetero) is 1. The van der Waals surface area contributed by atoms with Gasteiger partial charge in [0, 0.05) is 22.4 Å². The van der Waals surface area contributed by atoms with Crippen molar-refractivity contribution in [1.82, 2.24) is 0 Å². The van der Waals surface area contributed by atoms with Crippen LogP contribution in [0.2, 0.25) is 5.02 Å². The third-order valence-electron chi connectivity index (χ3n) is 6.45. The van der Waals surface area contributed by atoms with Crippen molar-refractivity contribution in [3.05, 3.63) is 64.1 Å². The molecule has 1 saturated carbocycles. The Morgan fingerprint density at radius 2 is 1.81 bits per heavy atom. The number of ketones is 1. The third-order valence-corrected chi connectivity index (χ3v) is 8.25. The first kappa shape index (κ1) is 23.0. The van der Waals surface area contributed by atoms with Gasteiger partial charge in [-0.15, -0.1) is 0 Å². The lowest BCUT2D eigenvalue weighted by atomic mass is 9.81. The number of carbonyl (C=O) groups excluding carboxylic acids is 1. The van der Waals surface area contributed by atoms with E-state index in [0.717, 1.165) is 12.0 Å². The molecule has 0 N–H and O–H groups in total. The van der Waals surface area contributed by atoms with Crippen LogP contribution in [0.3, 0.4) is 0 Å². The summed E-state index contributed by atoms with van der Waals surface area (Å²) in [5.74, 6) is -0.542. The summed E-state index contributed by atoms with van der Waals surface area (Å²) in [7, 11) is -3.86. The molecule has 2 bridgehead atoms. The van der Waals surface area contributed by atoms with Crippen LogP contribution in [-0.4, -0.2) is 19.5 Å². The molecule has 0 unspecified atom stereocenters. The quantitative estimate of drug-likeness (QED) is 0.467. The molecule has 2 atom stereocenters. The number of hydrogen-bond acceptors (Lipinski definition) is 4. The Morgan fingerprint density at radius 1 is 1.09 bits per heavy atom. The highest BCUT2D eigenvalue weighted by molar-refractivity contribution is 7.87. The average Bonchev–Trinajstić information content (AvgIpc) is 3.18. The van der Waals surface area contributed by atoms with Crippen LogP contribution < -0.4 is 0 Å². The maximum Gasteiger partial charge on any atom is 0.311 e. The number of aryl methyl sites for hydroxylation is 1. The lowest BCUT2D eigenvalue weighted by Gasteiger charge is -2.27. The van der Waals surface area contributed by atoms with Crippen LogP contribution in [0.15, 0.2) is 42.2 Å². The summed E-state index contributed by atoms with van der Waals surface area (Å²) in [6.45, 7) is 5.08. The van der Waals surface area contributed by atoms with Gasteiger partial charge in [0.25, 0.3) is 0 Å². The fourth-order valence-electron chi connectivity index (χ4n) is 4.59. The van der Waals surface area contributed by atoms with E-state index in [4.69, 9.17) is 15.8 Å². The maximum atomic E-state index is 14.6. The molecule has 2 aromatic rings. The predicted molar refractivity (Wildman–Crippen MR) is 124 cm³/mol. The molecule has 0 saturated heterocycles. The van der Waals surface area contributed by atoms with Crippen LogP contribution in [0.25, 0.3) is 16.7 Å². The molecule has 0 aromatic heterocycles. The molecular weight excluding hydrogens is 451 g/mol. The summed E-state index contributed by atoms with van der Waals surface area (Å²) in [6.07, 6.45) is 2.68. The van der Waals surface area contributed by atoms with Crippen molar-refractivity contribution in [1.29, 1.82) is 0 Å². The van der Waals surface area contributed by atoms with Crippen LogP contribution in [0.1, 0.15) is 51.2 Å². The van der Waals surface area contributed by atoms with E-state index in [2.05, 4.69) is 0 Å². The third kappa shape index (κ3) is 4.11. The molecule has 2 aliphatic carbocycles. The predicted octanol–water partition coefficient (Wildman–Crippen LogP) is 6.17. The largest absolute Gasteiger partial charge is 0.386 e. The molecule has 0 heterocycles. The maximum absolute atomic E-state index is 14.6. The number of fused-ring (bicyclic) bond motifs is 2. The Kier molecular flexibility index (Phi) is 6.21. The van der Waals surface area contributed by atoms with E-state index in [0.29, 0.717) is 46.5 Å². The summed E-state index contributed by atoms with van der Waals surface area (Å²) < 4.78 is 45.5. The molecule has 4 nitrogen and oxygen atoms in total. The molecule has 0 spiro atoms. The van der Waals surface area contributed by atoms with E-state index < -0.39 is 21.2 Å². The smallest absolute Gasteiger partial charge is 0.311 e. The van der Waals surface area contributed by atoms with Crippen molar-refractivity contribution in [3.8, 4) is 11.1 Å². The van der Waals surface area contributed by atoms with Crippen LogP contribution in [0.5, 0.6) is 0 Å². The highest BCUT2D eigenvalue weighted by Crippen LogP contribution is 2.48. The van der Waals surface area contributed by atoms with Gasteiger partial charge in [-0.25, -0.2) is 4.39 Å². The van der Waals surface area contributed by atoms with E-state index in [-0.39, 0.29) is 23.4 Å². The van der Waals surface area contributed by atoms with Gasteiger partial charge >= 0.3 is 10.1 Å². The minimum absolute atomic E-state index is 0.0869. The summed E-state index contributed by atoms with van der Waals surface area (Å²) in [4.78, 5) is 13.5. The second kappa shape index (κ2) is 8.64. The van der Waals surface area contributed by atoms with Crippen molar-refractivity contribution in [2.45, 2.75) is 51.7 Å². The molecule has 1 fully saturated rings. The highest BCUT2D eigenvalue weighted by Gasteiger charge is 2.44. The number of benzene rings is 2. The molecule has 7 heteroatoms.